The van der Waals surface area contributed by atoms with Crippen molar-refractivity contribution in [2.24, 2.45) is 5.92 Å². The average molecular weight is 479 g/mol. The van der Waals surface area contributed by atoms with Gasteiger partial charge in [-0.2, -0.15) is 0 Å². The van der Waals surface area contributed by atoms with Crippen molar-refractivity contribution in [2.45, 2.75) is 18.9 Å². The molecular weight excluding hydrogens is 451 g/mol. The van der Waals surface area contributed by atoms with Gasteiger partial charge in [0.25, 0.3) is 0 Å². The summed E-state index contributed by atoms with van der Waals surface area (Å²) in [6, 6.07) is 17.5. The van der Waals surface area contributed by atoms with E-state index in [0.717, 1.165) is 5.56 Å². The number of hydrogen-bond donors (Lipinski definition) is 1. The summed E-state index contributed by atoms with van der Waals surface area (Å²) >= 11 is 0. The first-order chi connectivity index (χ1) is 16.9. The van der Waals surface area contributed by atoms with Crippen molar-refractivity contribution < 1.29 is 28.2 Å². The Balaban J connectivity index is 1.77. The molecule has 0 bridgehead atoms. The largest absolute Gasteiger partial charge is 0.497 e. The molecule has 0 aromatic heterocycles. The fraction of sp³-hybridized carbons (Fsp3) is 0.259. The molecule has 1 fully saturated rings. The highest BCUT2D eigenvalue weighted by atomic mass is 19.1. The molecule has 0 spiro atoms. The number of carbonyl (C=O) groups is 2. The van der Waals surface area contributed by atoms with E-state index in [0.29, 0.717) is 35.0 Å². The third-order valence-corrected chi connectivity index (χ3v) is 6.15. The quantitative estimate of drug-likeness (QED) is 0.519. The predicted molar refractivity (Wildman–Crippen MR) is 131 cm³/mol. The molecule has 3 aromatic carbocycles. The number of carbonyl (C=O) groups excluding carboxylic acids is 2. The number of nitrogens with one attached hydrogen (secondary N) is 1. The number of anilines is 2. The lowest BCUT2D eigenvalue weighted by Crippen LogP contribution is -2.47. The number of hydrogen-bond acceptors (Lipinski definition) is 5. The highest BCUT2D eigenvalue weighted by molar-refractivity contribution is 6.00. The highest BCUT2D eigenvalue weighted by Gasteiger charge is 2.41. The fourth-order valence-corrected chi connectivity index (χ4v) is 4.40. The van der Waals surface area contributed by atoms with Gasteiger partial charge in [0.05, 0.1) is 33.3 Å². The second kappa shape index (κ2) is 10.5. The highest BCUT2D eigenvalue weighted by Crippen LogP contribution is 2.43. The van der Waals surface area contributed by atoms with Crippen LogP contribution in [-0.2, 0) is 9.59 Å². The lowest BCUT2D eigenvalue weighted by atomic mass is 9.83. The number of methoxy groups -OCH3 is 3. The molecule has 1 N–H and O–H groups in total. The molecular formula is C27H27FN2O5. The summed E-state index contributed by atoms with van der Waals surface area (Å²) in [5, 5.41) is 2.88. The Morgan fingerprint density at radius 3 is 2.23 bits per heavy atom. The van der Waals surface area contributed by atoms with Crippen LogP contribution in [0.15, 0.2) is 66.7 Å². The number of ether oxygens (including phenoxy) is 3. The number of amides is 2. The SMILES string of the molecule is COc1ccc(N2C(=O)CC[C@H](C(=O)Nc3ccc(F)cc3)[C@H]2c2ccc(OC)c(OC)c2)cc1. The van der Waals surface area contributed by atoms with Gasteiger partial charge >= 0.3 is 0 Å². The van der Waals surface area contributed by atoms with E-state index in [4.69, 9.17) is 14.2 Å². The van der Waals surface area contributed by atoms with Crippen molar-refractivity contribution in [3.8, 4) is 17.2 Å². The van der Waals surface area contributed by atoms with Crippen molar-refractivity contribution >= 4 is 23.2 Å². The molecule has 4 rings (SSSR count). The van der Waals surface area contributed by atoms with Gasteiger partial charge < -0.3 is 24.4 Å². The second-order valence-electron chi connectivity index (χ2n) is 8.16. The summed E-state index contributed by atoms with van der Waals surface area (Å²) in [6.07, 6.45) is 0.564. The molecule has 1 aliphatic rings. The normalized spacial score (nSPS) is 17.6. The summed E-state index contributed by atoms with van der Waals surface area (Å²) in [5.41, 5.74) is 1.86. The van der Waals surface area contributed by atoms with Gasteiger partial charge in [0.2, 0.25) is 11.8 Å². The van der Waals surface area contributed by atoms with E-state index in [1.54, 1.807) is 55.5 Å². The van der Waals surface area contributed by atoms with Crippen LogP contribution in [-0.4, -0.2) is 33.1 Å². The number of rotatable bonds is 7. The molecule has 2 amide bonds. The van der Waals surface area contributed by atoms with Crippen molar-refractivity contribution in [1.82, 2.24) is 0 Å². The van der Waals surface area contributed by atoms with Gasteiger partial charge in [-0.25, -0.2) is 4.39 Å². The standard InChI is InChI=1S/C27H27FN2O5/c1-33-21-11-9-20(10-12-21)30-25(31)15-13-22(27(32)29-19-7-5-18(28)6-8-19)26(30)17-4-14-23(34-2)24(16-17)35-3/h4-12,14,16,22,26H,13,15H2,1-3H3,(H,29,32)/t22-,26+/m0/s1. The van der Waals surface area contributed by atoms with E-state index in [9.17, 15) is 14.0 Å². The number of nitrogens with zero attached hydrogens (tertiary/aromatic N) is 1. The van der Waals surface area contributed by atoms with Crippen molar-refractivity contribution in [2.75, 3.05) is 31.5 Å². The van der Waals surface area contributed by atoms with Crippen LogP contribution in [0.4, 0.5) is 15.8 Å². The summed E-state index contributed by atoms with van der Waals surface area (Å²) in [7, 11) is 4.65. The zero-order valence-corrected chi connectivity index (χ0v) is 19.8. The summed E-state index contributed by atoms with van der Waals surface area (Å²) in [4.78, 5) is 28.4. The molecule has 1 saturated heterocycles. The van der Waals surface area contributed by atoms with Gasteiger partial charge in [-0.1, -0.05) is 6.07 Å². The topological polar surface area (TPSA) is 77.1 Å². The minimum Gasteiger partial charge on any atom is -0.497 e. The van der Waals surface area contributed by atoms with Gasteiger partial charge in [0, 0.05) is 17.8 Å². The first-order valence-electron chi connectivity index (χ1n) is 11.2. The first kappa shape index (κ1) is 24.1. The van der Waals surface area contributed by atoms with E-state index < -0.39 is 12.0 Å². The molecule has 3 aromatic rings. The van der Waals surface area contributed by atoms with Crippen LogP contribution >= 0.6 is 0 Å². The van der Waals surface area contributed by atoms with E-state index in [1.165, 1.54) is 31.4 Å². The van der Waals surface area contributed by atoms with Crippen LogP contribution in [0.3, 0.4) is 0 Å². The molecule has 0 saturated carbocycles. The smallest absolute Gasteiger partial charge is 0.229 e. The summed E-state index contributed by atoms with van der Waals surface area (Å²) in [6.45, 7) is 0. The van der Waals surface area contributed by atoms with Crippen molar-refractivity contribution in [3.05, 3.63) is 78.1 Å². The Kier molecular flexibility index (Phi) is 7.19. The van der Waals surface area contributed by atoms with Gasteiger partial charge in [-0.3, -0.25) is 9.59 Å². The van der Waals surface area contributed by atoms with E-state index in [2.05, 4.69) is 5.32 Å². The maximum Gasteiger partial charge on any atom is 0.229 e. The maximum atomic E-state index is 13.5. The molecule has 0 aliphatic carbocycles. The molecule has 0 radical (unpaired) electrons. The van der Waals surface area contributed by atoms with Gasteiger partial charge in [0.15, 0.2) is 11.5 Å². The van der Waals surface area contributed by atoms with Crippen LogP contribution in [0.5, 0.6) is 17.2 Å². The third-order valence-electron chi connectivity index (χ3n) is 6.15. The molecule has 8 heteroatoms. The number of benzene rings is 3. The van der Waals surface area contributed by atoms with Crippen LogP contribution < -0.4 is 24.4 Å². The Labute approximate surface area is 203 Å². The van der Waals surface area contributed by atoms with Crippen LogP contribution in [0.25, 0.3) is 0 Å². The maximum absolute atomic E-state index is 13.5. The van der Waals surface area contributed by atoms with Gasteiger partial charge in [-0.15, -0.1) is 0 Å². The van der Waals surface area contributed by atoms with Crippen LogP contribution in [0, 0.1) is 11.7 Å². The Hall–Kier alpha value is -4.07. The van der Waals surface area contributed by atoms with E-state index >= 15 is 0 Å². The fourth-order valence-electron chi connectivity index (χ4n) is 4.40. The summed E-state index contributed by atoms with van der Waals surface area (Å²) < 4.78 is 29.5. The van der Waals surface area contributed by atoms with Crippen molar-refractivity contribution in [1.29, 1.82) is 0 Å². The van der Waals surface area contributed by atoms with Crippen LogP contribution in [0.2, 0.25) is 0 Å². The van der Waals surface area contributed by atoms with Crippen molar-refractivity contribution in [3.63, 3.8) is 0 Å². The molecule has 2 atom stereocenters. The Morgan fingerprint density at radius 1 is 0.914 bits per heavy atom. The Morgan fingerprint density at radius 2 is 1.60 bits per heavy atom. The zero-order chi connectivity index (χ0) is 24.9. The number of piperidine rings is 1. The lowest BCUT2D eigenvalue weighted by molar-refractivity contribution is -0.125. The first-order valence-corrected chi connectivity index (χ1v) is 11.2. The molecule has 7 nitrogen and oxygen atoms in total. The zero-order valence-electron chi connectivity index (χ0n) is 19.8. The summed E-state index contributed by atoms with van der Waals surface area (Å²) in [5.74, 6) is 0.380. The minimum atomic E-state index is -0.607. The Bertz CT molecular complexity index is 1200. The van der Waals surface area contributed by atoms with Gasteiger partial charge in [0.1, 0.15) is 11.6 Å². The molecule has 182 valence electrons. The predicted octanol–water partition coefficient (Wildman–Crippen LogP) is 4.97. The second-order valence-corrected chi connectivity index (χ2v) is 8.16. The molecule has 35 heavy (non-hydrogen) atoms. The third kappa shape index (κ3) is 5.06. The number of halogens is 1. The monoisotopic (exact) mass is 478 g/mol. The molecule has 0 unspecified atom stereocenters. The van der Waals surface area contributed by atoms with E-state index in [1.807, 2.05) is 6.07 Å². The lowest BCUT2D eigenvalue weighted by Gasteiger charge is -2.41. The molecule has 1 aliphatic heterocycles. The average Bonchev–Trinajstić information content (AvgIpc) is 2.89. The van der Waals surface area contributed by atoms with Gasteiger partial charge in [-0.05, 0) is 72.6 Å². The van der Waals surface area contributed by atoms with Crippen LogP contribution in [0.1, 0.15) is 24.4 Å². The minimum absolute atomic E-state index is 0.0965. The molecule has 1 heterocycles. The van der Waals surface area contributed by atoms with E-state index in [-0.39, 0.29) is 24.1 Å².